The van der Waals surface area contributed by atoms with Crippen molar-refractivity contribution in [1.82, 2.24) is 0 Å². The van der Waals surface area contributed by atoms with E-state index in [1.165, 1.54) is 11.8 Å². The molecule has 0 bridgehead atoms. The van der Waals surface area contributed by atoms with Gasteiger partial charge in [0.25, 0.3) is 0 Å². The van der Waals surface area contributed by atoms with Gasteiger partial charge in [-0.3, -0.25) is 0 Å². The molecule has 0 aliphatic carbocycles. The standard InChI is InChI=1S/C17H17ClFNO2S/c1-2-22-17(21)15(19)16(20)13-5-3-4-6-14(13)23-12-9-7-11(18)8-10-12/h3-10,15-16H,2,20H2,1H3/t15?,16-/m1/s1. The predicted molar refractivity (Wildman–Crippen MR) is 90.5 cm³/mol. The Bertz CT molecular complexity index is 666. The van der Waals surface area contributed by atoms with Gasteiger partial charge in [-0.2, -0.15) is 0 Å². The first-order chi connectivity index (χ1) is 11.0. The number of hydrogen-bond acceptors (Lipinski definition) is 4. The third kappa shape index (κ3) is 4.70. The third-order valence-corrected chi connectivity index (χ3v) is 4.50. The molecule has 2 atom stereocenters. The summed E-state index contributed by atoms with van der Waals surface area (Å²) in [5, 5.41) is 0.644. The molecular formula is C17H17ClFNO2S. The number of nitrogens with two attached hydrogens (primary N) is 1. The van der Waals surface area contributed by atoms with Gasteiger partial charge in [0.2, 0.25) is 6.17 Å². The predicted octanol–water partition coefficient (Wildman–Crippen LogP) is 4.39. The van der Waals surface area contributed by atoms with E-state index in [-0.39, 0.29) is 6.61 Å². The van der Waals surface area contributed by atoms with E-state index >= 15 is 0 Å². The van der Waals surface area contributed by atoms with Gasteiger partial charge in [0.15, 0.2) is 0 Å². The molecule has 0 aromatic heterocycles. The number of halogens is 2. The highest BCUT2D eigenvalue weighted by molar-refractivity contribution is 7.99. The van der Waals surface area contributed by atoms with E-state index in [0.717, 1.165) is 9.79 Å². The Kier molecular flexibility index (Phi) is 6.45. The Morgan fingerprint density at radius 1 is 1.26 bits per heavy atom. The Labute approximate surface area is 144 Å². The summed E-state index contributed by atoms with van der Waals surface area (Å²) in [6.07, 6.45) is -1.90. The first-order valence-corrected chi connectivity index (χ1v) is 8.31. The average Bonchev–Trinajstić information content (AvgIpc) is 2.56. The van der Waals surface area contributed by atoms with Crippen molar-refractivity contribution in [2.75, 3.05) is 6.61 Å². The highest BCUT2D eigenvalue weighted by Gasteiger charge is 2.29. The Morgan fingerprint density at radius 2 is 1.91 bits per heavy atom. The van der Waals surface area contributed by atoms with Crippen molar-refractivity contribution in [3.63, 3.8) is 0 Å². The van der Waals surface area contributed by atoms with Crippen molar-refractivity contribution in [1.29, 1.82) is 0 Å². The molecule has 23 heavy (non-hydrogen) atoms. The normalized spacial score (nSPS) is 13.4. The van der Waals surface area contributed by atoms with E-state index < -0.39 is 18.2 Å². The van der Waals surface area contributed by atoms with Crippen LogP contribution in [0.1, 0.15) is 18.5 Å². The van der Waals surface area contributed by atoms with Crippen LogP contribution < -0.4 is 5.73 Å². The molecule has 2 rings (SSSR count). The van der Waals surface area contributed by atoms with Gasteiger partial charge in [-0.1, -0.05) is 41.6 Å². The largest absolute Gasteiger partial charge is 0.464 e. The molecular weight excluding hydrogens is 337 g/mol. The van der Waals surface area contributed by atoms with Gasteiger partial charge < -0.3 is 10.5 Å². The maximum absolute atomic E-state index is 14.2. The van der Waals surface area contributed by atoms with Crippen molar-refractivity contribution in [3.8, 4) is 0 Å². The number of ether oxygens (including phenoxy) is 1. The first-order valence-electron chi connectivity index (χ1n) is 7.11. The van der Waals surface area contributed by atoms with E-state index in [0.29, 0.717) is 10.6 Å². The first kappa shape index (κ1) is 17.8. The zero-order valence-corrected chi connectivity index (χ0v) is 14.1. The summed E-state index contributed by atoms with van der Waals surface area (Å²) in [6, 6.07) is 13.4. The third-order valence-electron chi connectivity index (χ3n) is 3.15. The van der Waals surface area contributed by atoms with Gasteiger partial charge in [-0.05, 0) is 42.8 Å². The SMILES string of the molecule is CCOC(=O)C(F)[C@H](N)c1ccccc1Sc1ccc(Cl)cc1. The smallest absolute Gasteiger partial charge is 0.342 e. The number of alkyl halides is 1. The molecule has 122 valence electrons. The quantitative estimate of drug-likeness (QED) is 0.782. The van der Waals surface area contributed by atoms with Crippen LogP contribution in [0.3, 0.4) is 0 Å². The number of esters is 1. The van der Waals surface area contributed by atoms with E-state index in [9.17, 15) is 9.18 Å². The summed E-state index contributed by atoms with van der Waals surface area (Å²) in [6.45, 7) is 1.74. The Morgan fingerprint density at radius 3 is 2.57 bits per heavy atom. The molecule has 6 heteroatoms. The van der Waals surface area contributed by atoms with Gasteiger partial charge in [0.1, 0.15) is 0 Å². The van der Waals surface area contributed by atoms with Crippen LogP contribution in [0.4, 0.5) is 4.39 Å². The summed E-state index contributed by atoms with van der Waals surface area (Å²) < 4.78 is 18.9. The lowest BCUT2D eigenvalue weighted by Gasteiger charge is -2.18. The van der Waals surface area contributed by atoms with Crippen LogP contribution in [-0.2, 0) is 9.53 Å². The minimum atomic E-state index is -1.90. The summed E-state index contributed by atoms with van der Waals surface area (Å²) in [4.78, 5) is 13.3. The fraction of sp³-hybridized carbons (Fsp3) is 0.235. The van der Waals surface area contributed by atoms with Crippen LogP contribution in [0.25, 0.3) is 0 Å². The molecule has 1 unspecified atom stereocenters. The van der Waals surface area contributed by atoms with Crippen molar-refractivity contribution < 1.29 is 13.9 Å². The molecule has 0 aliphatic rings. The summed E-state index contributed by atoms with van der Waals surface area (Å²) in [5.74, 6) is -0.939. The molecule has 2 aromatic rings. The molecule has 0 saturated carbocycles. The fourth-order valence-corrected chi connectivity index (χ4v) is 3.13. The number of hydrogen-bond donors (Lipinski definition) is 1. The summed E-state index contributed by atoms with van der Waals surface area (Å²) in [5.41, 5.74) is 6.50. The van der Waals surface area contributed by atoms with Gasteiger partial charge in [-0.25, -0.2) is 9.18 Å². The Hall–Kier alpha value is -1.56. The second-order valence-corrected chi connectivity index (χ2v) is 6.33. The lowest BCUT2D eigenvalue weighted by Crippen LogP contribution is -2.31. The van der Waals surface area contributed by atoms with Crippen molar-refractivity contribution in [2.45, 2.75) is 28.9 Å². The van der Waals surface area contributed by atoms with Crippen LogP contribution in [-0.4, -0.2) is 18.7 Å². The Balaban J connectivity index is 2.22. The maximum Gasteiger partial charge on any atom is 0.342 e. The van der Waals surface area contributed by atoms with Crippen molar-refractivity contribution in [3.05, 3.63) is 59.1 Å². The lowest BCUT2D eigenvalue weighted by atomic mass is 10.0. The van der Waals surface area contributed by atoms with Crippen LogP contribution in [0.5, 0.6) is 0 Å². The van der Waals surface area contributed by atoms with Gasteiger partial charge in [-0.15, -0.1) is 0 Å². The van der Waals surface area contributed by atoms with Gasteiger partial charge in [0, 0.05) is 14.8 Å². The second-order valence-electron chi connectivity index (χ2n) is 4.77. The minimum Gasteiger partial charge on any atom is -0.464 e. The van der Waals surface area contributed by atoms with Gasteiger partial charge in [0.05, 0.1) is 12.6 Å². The number of carbonyl (C=O) groups is 1. The molecule has 0 radical (unpaired) electrons. The van der Waals surface area contributed by atoms with E-state index in [4.69, 9.17) is 22.1 Å². The molecule has 0 aliphatic heterocycles. The van der Waals surface area contributed by atoms with Crippen LogP contribution >= 0.6 is 23.4 Å². The lowest BCUT2D eigenvalue weighted by molar-refractivity contribution is -0.149. The highest BCUT2D eigenvalue weighted by Crippen LogP contribution is 2.34. The zero-order chi connectivity index (χ0) is 16.8. The zero-order valence-electron chi connectivity index (χ0n) is 12.5. The topological polar surface area (TPSA) is 52.3 Å². The van der Waals surface area contributed by atoms with E-state index in [2.05, 4.69) is 0 Å². The monoisotopic (exact) mass is 353 g/mol. The molecule has 2 N–H and O–H groups in total. The van der Waals surface area contributed by atoms with Crippen LogP contribution in [0.2, 0.25) is 5.02 Å². The minimum absolute atomic E-state index is 0.118. The molecule has 0 fully saturated rings. The van der Waals surface area contributed by atoms with E-state index in [1.54, 1.807) is 31.2 Å². The van der Waals surface area contributed by atoms with Crippen LogP contribution in [0, 0.1) is 0 Å². The molecule has 0 spiro atoms. The molecule has 2 aromatic carbocycles. The maximum atomic E-state index is 14.2. The van der Waals surface area contributed by atoms with Crippen LogP contribution in [0.15, 0.2) is 58.3 Å². The van der Waals surface area contributed by atoms with E-state index in [1.807, 2.05) is 24.3 Å². The highest BCUT2D eigenvalue weighted by atomic mass is 35.5. The number of rotatable bonds is 6. The molecule has 0 amide bonds. The molecule has 0 saturated heterocycles. The van der Waals surface area contributed by atoms with Crippen molar-refractivity contribution >= 4 is 29.3 Å². The summed E-state index contributed by atoms with van der Waals surface area (Å²) in [7, 11) is 0. The average molecular weight is 354 g/mol. The molecule has 3 nitrogen and oxygen atoms in total. The number of carbonyl (C=O) groups excluding carboxylic acids is 1. The van der Waals surface area contributed by atoms with Gasteiger partial charge >= 0.3 is 5.97 Å². The second kappa shape index (κ2) is 8.34. The molecule has 0 heterocycles. The summed E-state index contributed by atoms with van der Waals surface area (Å²) >= 11 is 7.31. The number of benzene rings is 2. The fourth-order valence-electron chi connectivity index (χ4n) is 2.00. The van der Waals surface area contributed by atoms with Crippen molar-refractivity contribution in [2.24, 2.45) is 5.73 Å².